The predicted molar refractivity (Wildman–Crippen MR) is 173 cm³/mol. The molecule has 2 aromatic heterocycles. The first-order valence-corrected chi connectivity index (χ1v) is 17.3. The highest BCUT2D eigenvalue weighted by atomic mass is 127. The second-order valence-electron chi connectivity index (χ2n) is 14.2. The molecule has 0 bridgehead atoms. The Morgan fingerprint density at radius 3 is 2.63 bits per heavy atom. The number of hydrogen-bond acceptors (Lipinski definition) is 6. The summed E-state index contributed by atoms with van der Waals surface area (Å²) in [5.41, 5.74) is 2.48. The number of rotatable bonds is 14. The molecule has 10 heteroatoms. The van der Waals surface area contributed by atoms with Crippen LogP contribution in [-0.2, 0) is 28.9 Å². The number of carbonyl (C=O) groups is 1. The Labute approximate surface area is 290 Å². The van der Waals surface area contributed by atoms with E-state index in [-0.39, 0.29) is 54.0 Å². The number of unbranched alkanes of at least 4 members (excludes halogenated alkanes) is 5. The second-order valence-corrected chi connectivity index (χ2v) is 14.2. The molecule has 254 valence electrons. The lowest BCUT2D eigenvalue weighted by Gasteiger charge is -2.43. The number of halogens is 2. The van der Waals surface area contributed by atoms with Crippen LogP contribution in [0.3, 0.4) is 0 Å². The van der Waals surface area contributed by atoms with Crippen LogP contribution in [0.5, 0.6) is 0 Å². The quantitative estimate of drug-likeness (QED) is 0.105. The number of nitrogens with zero attached hydrogens (tertiary/aromatic N) is 4. The molecular formula is C36H52FIN4O4. The van der Waals surface area contributed by atoms with Crippen molar-refractivity contribution < 1.29 is 46.9 Å². The van der Waals surface area contributed by atoms with Crippen LogP contribution < -0.4 is 29.5 Å². The van der Waals surface area contributed by atoms with Crippen LogP contribution in [0, 0.1) is 18.2 Å². The molecule has 2 aliphatic rings. The summed E-state index contributed by atoms with van der Waals surface area (Å²) in [5, 5.41) is 5.19. The Kier molecular flexibility index (Phi) is 12.8. The van der Waals surface area contributed by atoms with Crippen molar-refractivity contribution in [1.82, 2.24) is 14.7 Å². The van der Waals surface area contributed by atoms with E-state index in [9.17, 15) is 14.0 Å². The van der Waals surface area contributed by atoms with E-state index in [1.54, 1.807) is 6.07 Å². The molecule has 0 unspecified atom stereocenters. The summed E-state index contributed by atoms with van der Waals surface area (Å²) in [4.78, 5) is 31.8. The molecule has 5 rings (SSSR count). The number of esters is 1. The number of aryl methyl sites for hydroxylation is 2. The van der Waals surface area contributed by atoms with Crippen LogP contribution >= 0.6 is 0 Å². The molecule has 1 fully saturated rings. The van der Waals surface area contributed by atoms with Gasteiger partial charge in [0.1, 0.15) is 11.6 Å². The molecule has 0 atom stereocenters. The largest absolute Gasteiger partial charge is 1.00 e. The molecule has 2 aliphatic heterocycles. The van der Waals surface area contributed by atoms with Crippen molar-refractivity contribution in [3.63, 3.8) is 0 Å². The van der Waals surface area contributed by atoms with Gasteiger partial charge in [-0.3, -0.25) is 18.6 Å². The van der Waals surface area contributed by atoms with Gasteiger partial charge in [0, 0.05) is 60.9 Å². The van der Waals surface area contributed by atoms with Gasteiger partial charge in [0.2, 0.25) is 6.73 Å². The van der Waals surface area contributed by atoms with Crippen LogP contribution in [0.25, 0.3) is 11.0 Å². The van der Waals surface area contributed by atoms with Crippen molar-refractivity contribution in [2.24, 2.45) is 5.41 Å². The first kappa shape index (κ1) is 36.5. The normalized spacial score (nSPS) is 19.9. The number of quaternary nitrogens is 1. The molecule has 0 radical (unpaired) electrons. The smallest absolute Gasteiger partial charge is 0.315 e. The number of fused-ring (bicyclic) bond motifs is 2. The number of hydrogen-bond donors (Lipinski definition) is 0. The van der Waals surface area contributed by atoms with Crippen LogP contribution in [0.4, 0.5) is 4.39 Å². The average Bonchev–Trinajstić information content (AvgIpc) is 3.44. The molecule has 0 saturated carbocycles. The lowest BCUT2D eigenvalue weighted by atomic mass is 9.87. The predicted octanol–water partition coefficient (Wildman–Crippen LogP) is 4.39. The molecule has 46 heavy (non-hydrogen) atoms. The molecule has 1 aromatic carbocycles. The summed E-state index contributed by atoms with van der Waals surface area (Å²) in [7, 11) is 0. The minimum Gasteiger partial charge on any atom is -1.00 e. The van der Waals surface area contributed by atoms with Crippen LogP contribution in [-0.4, -0.2) is 51.5 Å². The molecule has 4 heterocycles. The monoisotopic (exact) mass is 750 g/mol. The molecule has 0 N–H and O–H groups in total. The summed E-state index contributed by atoms with van der Waals surface area (Å²) in [6.07, 6.45) is 13.1. The third-order valence-corrected chi connectivity index (χ3v) is 10.3. The fraction of sp³-hybridized carbons (Fsp3) is 0.667. The maximum Gasteiger partial charge on any atom is 0.315 e. The van der Waals surface area contributed by atoms with Gasteiger partial charge in [-0.05, 0) is 52.2 Å². The lowest BCUT2D eigenvalue weighted by Crippen LogP contribution is -3.00. The van der Waals surface area contributed by atoms with Gasteiger partial charge < -0.3 is 33.2 Å². The van der Waals surface area contributed by atoms with E-state index in [2.05, 4.69) is 12.1 Å². The Bertz CT molecular complexity index is 1530. The first-order chi connectivity index (χ1) is 21.6. The maximum atomic E-state index is 13.8. The van der Waals surface area contributed by atoms with E-state index in [1.807, 2.05) is 25.3 Å². The summed E-state index contributed by atoms with van der Waals surface area (Å²) < 4.78 is 27.9. The number of ether oxygens (including phenoxy) is 1. The van der Waals surface area contributed by atoms with E-state index >= 15 is 0 Å². The maximum absolute atomic E-state index is 13.8. The van der Waals surface area contributed by atoms with Crippen molar-refractivity contribution in [2.75, 3.05) is 26.4 Å². The Balaban J connectivity index is 0.00000480. The van der Waals surface area contributed by atoms with Crippen molar-refractivity contribution >= 4 is 16.9 Å². The van der Waals surface area contributed by atoms with E-state index < -0.39 is 5.41 Å². The minimum absolute atomic E-state index is 0. The number of carbonyl (C=O) groups excluding carboxylic acids is 1. The van der Waals surface area contributed by atoms with Gasteiger partial charge in [0.05, 0.1) is 30.7 Å². The first-order valence-electron chi connectivity index (χ1n) is 17.3. The topological polar surface area (TPSA) is 87.2 Å². The highest BCUT2D eigenvalue weighted by molar-refractivity contribution is 5.80. The van der Waals surface area contributed by atoms with Crippen molar-refractivity contribution in [3.8, 4) is 0 Å². The highest BCUT2D eigenvalue weighted by Crippen LogP contribution is 2.36. The average molecular weight is 751 g/mol. The zero-order valence-corrected chi connectivity index (χ0v) is 30.4. The molecule has 3 aromatic rings. The van der Waals surface area contributed by atoms with E-state index in [0.717, 1.165) is 99.2 Å². The Hall–Kier alpha value is -2.34. The van der Waals surface area contributed by atoms with Gasteiger partial charge in [0.15, 0.2) is 5.58 Å². The van der Waals surface area contributed by atoms with Crippen molar-refractivity contribution in [2.45, 2.75) is 124 Å². The molecule has 0 amide bonds. The number of likely N-dealkylation sites (tertiary alicyclic amines) is 1. The Morgan fingerprint density at radius 1 is 1.13 bits per heavy atom. The van der Waals surface area contributed by atoms with Crippen LogP contribution in [0.2, 0.25) is 0 Å². The summed E-state index contributed by atoms with van der Waals surface area (Å²) in [6.45, 7) is 11.4. The molecular weight excluding hydrogens is 698 g/mol. The molecule has 1 saturated heterocycles. The zero-order valence-electron chi connectivity index (χ0n) is 28.2. The van der Waals surface area contributed by atoms with Gasteiger partial charge >= 0.3 is 5.97 Å². The fourth-order valence-electron chi connectivity index (χ4n) is 7.24. The van der Waals surface area contributed by atoms with Gasteiger partial charge in [0.25, 0.3) is 5.56 Å². The second kappa shape index (κ2) is 16.2. The van der Waals surface area contributed by atoms with Crippen LogP contribution in [0.15, 0.2) is 27.5 Å². The van der Waals surface area contributed by atoms with E-state index in [1.165, 1.54) is 37.8 Å². The highest BCUT2D eigenvalue weighted by Gasteiger charge is 2.39. The van der Waals surface area contributed by atoms with Crippen molar-refractivity contribution in [3.05, 3.63) is 57.1 Å². The van der Waals surface area contributed by atoms with E-state index in [0.29, 0.717) is 23.0 Å². The van der Waals surface area contributed by atoms with Gasteiger partial charge in [-0.1, -0.05) is 50.6 Å². The lowest BCUT2D eigenvalue weighted by molar-refractivity contribution is -0.948. The third-order valence-electron chi connectivity index (χ3n) is 10.3. The van der Waals surface area contributed by atoms with Gasteiger partial charge in [-0.15, -0.1) is 0 Å². The van der Waals surface area contributed by atoms with Gasteiger partial charge in [-0.25, -0.2) is 9.37 Å². The molecule has 0 spiro atoms. The number of aromatic nitrogens is 3. The third kappa shape index (κ3) is 8.57. The summed E-state index contributed by atoms with van der Waals surface area (Å²) in [5.74, 6) is 0.583. The standard InChI is InChI=1S/C36H52FN4O4.HI/c1-5-6-7-8-9-11-19-36(3,4)35(43)44-25-41(23-18-29-26(2)38-32-13-10-12-20-40(32)34(29)42)21-16-27(17-22-41)33-30-15-14-28(37)24-31(30)45-39-33;/h14-15,24,27H,5-13,16-23,25H2,1-4H3;1H/q+1;/p-1. The number of benzene rings is 1. The summed E-state index contributed by atoms with van der Waals surface area (Å²) in [6, 6.07) is 4.58. The zero-order chi connectivity index (χ0) is 32.0. The SMILES string of the molecule is CCCCCCCCC(C)(C)C(=O)OC[N+]1(CCc2c(C)nc3n(c2=O)CCCC3)CCC(c2noc3cc(F)ccc23)CC1.[I-]. The van der Waals surface area contributed by atoms with Crippen molar-refractivity contribution in [1.29, 1.82) is 0 Å². The molecule has 0 aliphatic carbocycles. The molecule has 8 nitrogen and oxygen atoms in total. The minimum atomic E-state index is -0.542. The van der Waals surface area contributed by atoms with E-state index in [4.69, 9.17) is 14.2 Å². The summed E-state index contributed by atoms with van der Waals surface area (Å²) >= 11 is 0. The van der Waals surface area contributed by atoms with Crippen LogP contribution in [0.1, 0.15) is 120 Å². The Morgan fingerprint density at radius 2 is 1.87 bits per heavy atom. The van der Waals surface area contributed by atoms with Gasteiger partial charge in [-0.2, -0.15) is 0 Å². The number of piperidine rings is 1. The fourth-order valence-corrected chi connectivity index (χ4v) is 7.24.